The zero-order valence-electron chi connectivity index (χ0n) is 18.7. The largest absolute Gasteiger partial charge is 0.342 e. The third kappa shape index (κ3) is 4.99. The van der Waals surface area contributed by atoms with Crippen molar-refractivity contribution in [3.05, 3.63) is 57.5 Å². The summed E-state index contributed by atoms with van der Waals surface area (Å²) in [6, 6.07) is 9.81. The quantitative estimate of drug-likeness (QED) is 0.711. The van der Waals surface area contributed by atoms with Crippen molar-refractivity contribution >= 4 is 34.9 Å². The predicted octanol–water partition coefficient (Wildman–Crippen LogP) is 4.53. The summed E-state index contributed by atoms with van der Waals surface area (Å²) in [6.45, 7) is 8.07. The van der Waals surface area contributed by atoms with Crippen molar-refractivity contribution in [3.63, 3.8) is 0 Å². The number of halogens is 1. The van der Waals surface area contributed by atoms with Gasteiger partial charge in [0, 0.05) is 48.4 Å². The van der Waals surface area contributed by atoms with Crippen LogP contribution >= 0.6 is 11.6 Å². The molecule has 0 unspecified atom stereocenters. The van der Waals surface area contributed by atoms with Gasteiger partial charge in [0.05, 0.1) is 0 Å². The van der Waals surface area contributed by atoms with Gasteiger partial charge in [-0.2, -0.15) is 0 Å². The number of nitrogens with one attached hydrogen (secondary N) is 2. The number of rotatable bonds is 3. The molecule has 8 heteroatoms. The van der Waals surface area contributed by atoms with E-state index in [9.17, 15) is 14.4 Å². The molecule has 2 aliphatic heterocycles. The third-order valence-corrected chi connectivity index (χ3v) is 6.24. The molecule has 1 fully saturated rings. The van der Waals surface area contributed by atoms with E-state index in [1.807, 2.05) is 11.0 Å². The normalized spacial score (nSPS) is 19.8. The molecule has 2 N–H and O–H groups in total. The van der Waals surface area contributed by atoms with Crippen molar-refractivity contribution in [2.45, 2.75) is 46.1 Å². The Morgan fingerprint density at radius 2 is 1.75 bits per heavy atom. The maximum atomic E-state index is 13.1. The van der Waals surface area contributed by atoms with Gasteiger partial charge in [-0.15, -0.1) is 0 Å². The average molecular weight is 457 g/mol. The molecule has 2 aromatic rings. The van der Waals surface area contributed by atoms with Crippen molar-refractivity contribution < 1.29 is 9.59 Å². The molecule has 2 atom stereocenters. The van der Waals surface area contributed by atoms with E-state index in [0.29, 0.717) is 36.8 Å². The molecule has 7 nitrogen and oxygen atoms in total. The Balaban J connectivity index is 1.48. The Morgan fingerprint density at radius 1 is 1.03 bits per heavy atom. The Hall–Kier alpha value is -2.80. The minimum absolute atomic E-state index is 0.0500. The fourth-order valence-corrected chi connectivity index (χ4v) is 4.75. The first kappa shape index (κ1) is 22.4. The van der Waals surface area contributed by atoms with Gasteiger partial charge in [-0.25, -0.2) is 4.79 Å². The summed E-state index contributed by atoms with van der Waals surface area (Å²) in [6.07, 6.45) is 1.49. The van der Waals surface area contributed by atoms with Gasteiger partial charge in [0.2, 0.25) is 5.91 Å². The zero-order valence-corrected chi connectivity index (χ0v) is 19.4. The van der Waals surface area contributed by atoms with Crippen molar-refractivity contribution in [2.75, 3.05) is 23.7 Å². The number of fused-ring (bicyclic) bond motifs is 4. The molecule has 3 heterocycles. The molecule has 2 bridgehead atoms. The predicted molar refractivity (Wildman–Crippen MR) is 126 cm³/mol. The number of pyridine rings is 1. The molecule has 32 heavy (non-hydrogen) atoms. The Kier molecular flexibility index (Phi) is 6.03. The topological polar surface area (TPSA) is 83.4 Å². The van der Waals surface area contributed by atoms with Crippen LogP contribution in [0, 0.1) is 11.3 Å². The van der Waals surface area contributed by atoms with E-state index in [0.717, 1.165) is 12.1 Å². The minimum Gasteiger partial charge on any atom is -0.342 e. The van der Waals surface area contributed by atoms with Gasteiger partial charge in [0.1, 0.15) is 5.69 Å². The maximum Gasteiger partial charge on any atom is 0.323 e. The van der Waals surface area contributed by atoms with Crippen LogP contribution in [0.2, 0.25) is 5.02 Å². The lowest BCUT2D eigenvalue weighted by molar-refractivity contribution is -0.135. The monoisotopic (exact) mass is 456 g/mol. The van der Waals surface area contributed by atoms with E-state index in [1.165, 1.54) is 0 Å². The van der Waals surface area contributed by atoms with Crippen LogP contribution in [0.15, 0.2) is 41.2 Å². The number of carbonyl (C=O) groups is 2. The van der Waals surface area contributed by atoms with Crippen molar-refractivity contribution in [2.24, 2.45) is 11.3 Å². The molecule has 3 amide bonds. The number of benzene rings is 1. The number of piperidine rings is 1. The molecular weight excluding hydrogens is 428 g/mol. The summed E-state index contributed by atoms with van der Waals surface area (Å²) in [4.78, 5) is 40.2. The minimum atomic E-state index is -0.486. The Labute approximate surface area is 192 Å². The van der Waals surface area contributed by atoms with E-state index in [4.69, 9.17) is 11.6 Å². The van der Waals surface area contributed by atoms with Crippen LogP contribution in [-0.2, 0) is 11.3 Å². The molecule has 1 aromatic carbocycles. The van der Waals surface area contributed by atoms with Gasteiger partial charge in [-0.05, 0) is 54.2 Å². The van der Waals surface area contributed by atoms with Gasteiger partial charge < -0.3 is 20.1 Å². The molecule has 170 valence electrons. The second-order valence-electron chi connectivity index (χ2n) is 10.0. The number of anilines is 2. The molecule has 2 aliphatic rings. The van der Waals surface area contributed by atoms with E-state index in [1.54, 1.807) is 34.9 Å². The van der Waals surface area contributed by atoms with Gasteiger partial charge in [0.15, 0.2) is 0 Å². The molecular formula is C24H29ClN4O3. The van der Waals surface area contributed by atoms with Gasteiger partial charge in [-0.1, -0.05) is 32.4 Å². The Morgan fingerprint density at radius 3 is 2.44 bits per heavy atom. The maximum absolute atomic E-state index is 13.1. The first-order valence-electron chi connectivity index (χ1n) is 10.9. The fraction of sp³-hybridized carbons (Fsp3) is 0.458. The first-order valence-corrected chi connectivity index (χ1v) is 11.3. The summed E-state index contributed by atoms with van der Waals surface area (Å²) in [5.41, 5.74) is 1.49. The highest BCUT2D eigenvalue weighted by molar-refractivity contribution is 6.30. The summed E-state index contributed by atoms with van der Waals surface area (Å²) < 4.78 is 1.77. The third-order valence-electron chi connectivity index (χ3n) is 5.99. The lowest BCUT2D eigenvalue weighted by Crippen LogP contribution is -2.49. The number of carbonyl (C=O) groups excluding carboxylic acids is 2. The highest BCUT2D eigenvalue weighted by atomic mass is 35.5. The number of nitrogens with zero attached hydrogens (tertiary/aromatic N) is 2. The number of aromatic nitrogens is 1. The van der Waals surface area contributed by atoms with Crippen LogP contribution in [-0.4, -0.2) is 34.5 Å². The fourth-order valence-electron chi connectivity index (χ4n) is 4.63. The lowest BCUT2D eigenvalue weighted by atomic mass is 9.82. The number of likely N-dealkylation sites (tertiary alicyclic amines) is 1. The molecule has 1 saturated heterocycles. The lowest BCUT2D eigenvalue weighted by Gasteiger charge is -2.43. The van der Waals surface area contributed by atoms with Crippen LogP contribution in [0.5, 0.6) is 0 Å². The summed E-state index contributed by atoms with van der Waals surface area (Å²) in [5.74, 6) is 0.553. The van der Waals surface area contributed by atoms with Gasteiger partial charge in [-0.3, -0.25) is 9.59 Å². The number of hydrogen-bond donors (Lipinski definition) is 2. The molecule has 1 aromatic heterocycles. The van der Waals surface area contributed by atoms with E-state index >= 15 is 0 Å². The molecule has 4 rings (SSSR count). The highest BCUT2D eigenvalue weighted by Crippen LogP contribution is 2.36. The number of urea groups is 1. The standard InChI is InChI=1S/C24H29ClN4O3/c1-24(2,3)11-21(30)28-12-15-10-16(14-28)20-9-8-19(22(31)29(20)13-15)27-23(32)26-18-6-4-17(25)5-7-18/h4-9,15-16H,10-14H2,1-3H3,(H2,26,27,32)/t15-,16+/m0/s1. The molecule has 0 aliphatic carbocycles. The molecule has 0 radical (unpaired) electrons. The zero-order chi connectivity index (χ0) is 23.0. The van der Waals surface area contributed by atoms with Crippen LogP contribution in [0.3, 0.4) is 0 Å². The van der Waals surface area contributed by atoms with Crippen LogP contribution in [0.1, 0.15) is 45.2 Å². The second kappa shape index (κ2) is 8.62. The first-order chi connectivity index (χ1) is 15.1. The van der Waals surface area contributed by atoms with Crippen LogP contribution in [0.4, 0.5) is 16.2 Å². The van der Waals surface area contributed by atoms with E-state index < -0.39 is 6.03 Å². The Bertz CT molecular complexity index is 1090. The summed E-state index contributed by atoms with van der Waals surface area (Å²) >= 11 is 5.87. The average Bonchev–Trinajstić information content (AvgIpc) is 2.71. The van der Waals surface area contributed by atoms with Crippen molar-refractivity contribution in [3.8, 4) is 0 Å². The van der Waals surface area contributed by atoms with E-state index in [2.05, 4.69) is 31.4 Å². The summed E-state index contributed by atoms with van der Waals surface area (Å²) in [7, 11) is 0. The number of hydrogen-bond acceptors (Lipinski definition) is 3. The smallest absolute Gasteiger partial charge is 0.323 e. The summed E-state index contributed by atoms with van der Waals surface area (Å²) in [5, 5.41) is 5.94. The second-order valence-corrected chi connectivity index (χ2v) is 10.4. The molecule has 0 saturated carbocycles. The van der Waals surface area contributed by atoms with Crippen molar-refractivity contribution in [1.82, 2.24) is 9.47 Å². The number of amides is 3. The molecule has 0 spiro atoms. The van der Waals surface area contributed by atoms with Crippen LogP contribution in [0.25, 0.3) is 0 Å². The van der Waals surface area contributed by atoms with Gasteiger partial charge >= 0.3 is 6.03 Å². The van der Waals surface area contributed by atoms with E-state index in [-0.39, 0.29) is 34.4 Å². The SMILES string of the molecule is CC(C)(C)CC(=O)N1C[C@@H]2C[C@H](C1)c1ccc(NC(=O)Nc3ccc(Cl)cc3)c(=O)n1C2. The van der Waals surface area contributed by atoms with Crippen molar-refractivity contribution in [1.29, 1.82) is 0 Å². The highest BCUT2D eigenvalue weighted by Gasteiger charge is 2.37. The van der Waals surface area contributed by atoms with Gasteiger partial charge in [0.25, 0.3) is 5.56 Å². The van der Waals surface area contributed by atoms with Crippen LogP contribution < -0.4 is 16.2 Å².